The van der Waals surface area contributed by atoms with E-state index in [0.717, 1.165) is 57.2 Å². The molecule has 1 aliphatic heterocycles. The molecule has 134 valence electrons. The predicted octanol–water partition coefficient (Wildman–Crippen LogP) is 2.04. The summed E-state index contributed by atoms with van der Waals surface area (Å²) in [6, 6.07) is 5.52. The number of hydrogen-bond acceptors (Lipinski definition) is 3. The quantitative estimate of drug-likeness (QED) is 0.617. The van der Waals surface area contributed by atoms with Crippen molar-refractivity contribution in [1.29, 1.82) is 0 Å². The molecule has 0 atom stereocenters. The van der Waals surface area contributed by atoms with Gasteiger partial charge in [-0.25, -0.2) is 4.39 Å². The van der Waals surface area contributed by atoms with Crippen molar-refractivity contribution in [2.75, 3.05) is 51.2 Å². The lowest BCUT2D eigenvalue weighted by Gasteiger charge is -2.35. The summed E-state index contributed by atoms with van der Waals surface area (Å²) in [5.41, 5.74) is 1.63. The summed E-state index contributed by atoms with van der Waals surface area (Å²) in [5, 5.41) is 6.42. The van der Waals surface area contributed by atoms with Gasteiger partial charge < -0.3 is 20.4 Å². The highest BCUT2D eigenvalue weighted by Crippen LogP contribution is 2.22. The van der Waals surface area contributed by atoms with Crippen molar-refractivity contribution in [3.8, 4) is 0 Å². The second-order valence-corrected chi connectivity index (χ2v) is 6.06. The number of rotatable bonds is 6. The standard InChI is InChI=1S/C18H30FN5/c1-4-8-21-18(20-3)22-14-15-6-7-17(16(19)13-15)24-11-9-23(5-2)10-12-24/h6-7,13H,4-5,8-12,14H2,1-3H3,(H2,20,21,22). The number of hydrogen-bond donors (Lipinski definition) is 2. The highest BCUT2D eigenvalue weighted by atomic mass is 19.1. The van der Waals surface area contributed by atoms with E-state index in [1.807, 2.05) is 12.1 Å². The summed E-state index contributed by atoms with van der Waals surface area (Å²) in [6.45, 7) is 10.5. The van der Waals surface area contributed by atoms with Crippen molar-refractivity contribution < 1.29 is 4.39 Å². The number of benzene rings is 1. The largest absolute Gasteiger partial charge is 0.367 e. The number of aliphatic imine (C=N–C) groups is 1. The van der Waals surface area contributed by atoms with Crippen LogP contribution in [0, 0.1) is 5.82 Å². The van der Waals surface area contributed by atoms with Gasteiger partial charge in [0.05, 0.1) is 5.69 Å². The molecule has 24 heavy (non-hydrogen) atoms. The minimum absolute atomic E-state index is 0.143. The number of piperazine rings is 1. The van der Waals surface area contributed by atoms with Gasteiger partial charge in [0.25, 0.3) is 0 Å². The lowest BCUT2D eigenvalue weighted by atomic mass is 10.1. The molecule has 0 aliphatic carbocycles. The smallest absolute Gasteiger partial charge is 0.191 e. The first kappa shape index (κ1) is 18.5. The van der Waals surface area contributed by atoms with Crippen LogP contribution in [0.5, 0.6) is 0 Å². The van der Waals surface area contributed by atoms with Crippen molar-refractivity contribution >= 4 is 11.6 Å². The summed E-state index contributed by atoms with van der Waals surface area (Å²) in [6.07, 6.45) is 1.04. The van der Waals surface area contributed by atoms with Crippen LogP contribution in [0.3, 0.4) is 0 Å². The zero-order chi connectivity index (χ0) is 17.4. The van der Waals surface area contributed by atoms with Gasteiger partial charge in [-0.2, -0.15) is 0 Å². The van der Waals surface area contributed by atoms with Crippen molar-refractivity contribution in [2.24, 2.45) is 4.99 Å². The van der Waals surface area contributed by atoms with Crippen LogP contribution in [-0.2, 0) is 6.54 Å². The fourth-order valence-corrected chi connectivity index (χ4v) is 2.87. The summed E-state index contributed by atoms with van der Waals surface area (Å²) in [5.74, 6) is 0.604. The van der Waals surface area contributed by atoms with Crippen LogP contribution in [0.15, 0.2) is 23.2 Å². The Morgan fingerprint density at radius 3 is 2.50 bits per heavy atom. The minimum Gasteiger partial charge on any atom is -0.367 e. The topological polar surface area (TPSA) is 42.9 Å². The molecule has 1 aliphatic rings. The van der Waals surface area contributed by atoms with Gasteiger partial charge in [-0.1, -0.05) is 19.9 Å². The maximum atomic E-state index is 14.5. The first-order valence-electron chi connectivity index (χ1n) is 8.88. The average molecular weight is 335 g/mol. The van der Waals surface area contributed by atoms with Crippen LogP contribution in [0.25, 0.3) is 0 Å². The third kappa shape index (κ3) is 5.09. The van der Waals surface area contributed by atoms with E-state index >= 15 is 0 Å². The monoisotopic (exact) mass is 335 g/mol. The Hall–Kier alpha value is -1.82. The van der Waals surface area contributed by atoms with E-state index in [1.165, 1.54) is 0 Å². The molecule has 5 nitrogen and oxygen atoms in total. The van der Waals surface area contributed by atoms with Gasteiger partial charge >= 0.3 is 0 Å². The minimum atomic E-state index is -0.143. The summed E-state index contributed by atoms with van der Waals surface area (Å²) in [4.78, 5) is 8.69. The number of anilines is 1. The molecule has 1 saturated heterocycles. The van der Waals surface area contributed by atoms with Gasteiger partial charge in [-0.05, 0) is 30.7 Å². The van der Waals surface area contributed by atoms with Gasteiger partial charge in [0.1, 0.15) is 5.82 Å². The average Bonchev–Trinajstić information content (AvgIpc) is 2.62. The van der Waals surface area contributed by atoms with Crippen LogP contribution >= 0.6 is 0 Å². The fraction of sp³-hybridized carbons (Fsp3) is 0.611. The van der Waals surface area contributed by atoms with Gasteiger partial charge in [0.2, 0.25) is 0 Å². The number of likely N-dealkylation sites (N-methyl/N-ethyl adjacent to an activating group) is 1. The molecule has 2 N–H and O–H groups in total. The predicted molar refractivity (Wildman–Crippen MR) is 99.2 cm³/mol. The molecule has 0 bridgehead atoms. The molecule has 1 fully saturated rings. The zero-order valence-corrected chi connectivity index (χ0v) is 15.1. The third-order valence-corrected chi connectivity index (χ3v) is 4.40. The Morgan fingerprint density at radius 1 is 1.17 bits per heavy atom. The highest BCUT2D eigenvalue weighted by molar-refractivity contribution is 5.79. The lowest BCUT2D eigenvalue weighted by Crippen LogP contribution is -2.46. The van der Waals surface area contributed by atoms with E-state index in [9.17, 15) is 4.39 Å². The Kier molecular flexibility index (Phi) is 7.31. The van der Waals surface area contributed by atoms with Crippen LogP contribution in [0.1, 0.15) is 25.8 Å². The van der Waals surface area contributed by atoms with Gasteiger partial charge in [-0.3, -0.25) is 4.99 Å². The molecule has 2 rings (SSSR count). The van der Waals surface area contributed by atoms with E-state index in [4.69, 9.17) is 0 Å². The molecule has 1 aromatic rings. The molecule has 1 heterocycles. The second-order valence-electron chi connectivity index (χ2n) is 6.06. The normalized spacial score (nSPS) is 16.3. The van der Waals surface area contributed by atoms with E-state index in [-0.39, 0.29) is 5.82 Å². The number of nitrogens with one attached hydrogen (secondary N) is 2. The molecule has 6 heteroatoms. The Morgan fingerprint density at radius 2 is 1.92 bits per heavy atom. The van der Waals surface area contributed by atoms with Gasteiger partial charge in [-0.15, -0.1) is 0 Å². The summed E-state index contributed by atoms with van der Waals surface area (Å²) in [7, 11) is 1.74. The van der Waals surface area contributed by atoms with Crippen LogP contribution in [0.2, 0.25) is 0 Å². The van der Waals surface area contributed by atoms with Crippen LogP contribution in [-0.4, -0.2) is 57.2 Å². The number of guanidine groups is 1. The van der Waals surface area contributed by atoms with Crippen LogP contribution < -0.4 is 15.5 Å². The van der Waals surface area contributed by atoms with Crippen molar-refractivity contribution in [3.05, 3.63) is 29.6 Å². The maximum absolute atomic E-state index is 14.5. The Balaban J connectivity index is 1.92. The molecule has 0 radical (unpaired) electrons. The molecular weight excluding hydrogens is 305 g/mol. The van der Waals surface area contributed by atoms with Crippen molar-refractivity contribution in [1.82, 2.24) is 15.5 Å². The Labute approximate surface area is 144 Å². The molecular formula is C18H30FN5. The fourth-order valence-electron chi connectivity index (χ4n) is 2.87. The van der Waals surface area contributed by atoms with Gasteiger partial charge in [0, 0.05) is 46.3 Å². The first-order chi connectivity index (χ1) is 11.7. The van der Waals surface area contributed by atoms with E-state index in [1.54, 1.807) is 13.1 Å². The molecule has 0 saturated carbocycles. The third-order valence-electron chi connectivity index (χ3n) is 4.40. The first-order valence-corrected chi connectivity index (χ1v) is 8.88. The van der Waals surface area contributed by atoms with Crippen LogP contribution in [0.4, 0.5) is 10.1 Å². The van der Waals surface area contributed by atoms with E-state index < -0.39 is 0 Å². The van der Waals surface area contributed by atoms with Crippen molar-refractivity contribution in [3.63, 3.8) is 0 Å². The molecule has 0 aromatic heterocycles. The highest BCUT2D eigenvalue weighted by Gasteiger charge is 2.18. The SMILES string of the molecule is CCCNC(=NC)NCc1ccc(N2CCN(CC)CC2)c(F)c1. The Bertz CT molecular complexity index is 538. The number of nitrogens with zero attached hydrogens (tertiary/aromatic N) is 3. The van der Waals surface area contributed by atoms with Crippen molar-refractivity contribution in [2.45, 2.75) is 26.8 Å². The molecule has 0 spiro atoms. The molecule has 0 amide bonds. The molecule has 1 aromatic carbocycles. The summed E-state index contributed by atoms with van der Waals surface area (Å²) >= 11 is 0. The lowest BCUT2D eigenvalue weighted by molar-refractivity contribution is 0.270. The maximum Gasteiger partial charge on any atom is 0.191 e. The van der Waals surface area contributed by atoms with E-state index in [2.05, 4.69) is 39.3 Å². The van der Waals surface area contributed by atoms with Gasteiger partial charge in [0.15, 0.2) is 5.96 Å². The second kappa shape index (κ2) is 9.47. The zero-order valence-electron chi connectivity index (χ0n) is 15.1. The molecule has 0 unspecified atom stereocenters. The van der Waals surface area contributed by atoms with E-state index in [0.29, 0.717) is 12.2 Å². The number of halogens is 1. The summed E-state index contributed by atoms with van der Waals surface area (Å²) < 4.78 is 14.5.